The third-order valence-electron chi connectivity index (χ3n) is 4.50. The van der Waals surface area contributed by atoms with Gasteiger partial charge in [-0.1, -0.05) is 12.8 Å². The van der Waals surface area contributed by atoms with Crippen LogP contribution < -0.4 is 0 Å². The molecule has 3 heteroatoms. The zero-order valence-corrected chi connectivity index (χ0v) is 12.9. The van der Waals surface area contributed by atoms with E-state index in [4.69, 9.17) is 4.74 Å². The Balaban J connectivity index is 1.72. The molecule has 2 aliphatic heterocycles. The van der Waals surface area contributed by atoms with Gasteiger partial charge in [0.05, 0.1) is 12.7 Å². The van der Waals surface area contributed by atoms with Gasteiger partial charge in [0.2, 0.25) is 0 Å². The van der Waals surface area contributed by atoms with Gasteiger partial charge in [-0.15, -0.1) is 0 Å². The van der Waals surface area contributed by atoms with Crippen LogP contribution in [0, 0.1) is 0 Å². The van der Waals surface area contributed by atoms with Crippen molar-refractivity contribution in [3.8, 4) is 0 Å². The number of hydrogen-bond acceptors (Lipinski definition) is 3. The molecule has 2 rings (SSSR count). The number of ether oxygens (including phenoxy) is 1. The molecule has 0 radical (unpaired) electrons. The molecule has 2 saturated heterocycles. The van der Waals surface area contributed by atoms with Crippen molar-refractivity contribution in [2.75, 3.05) is 39.3 Å². The highest BCUT2D eigenvalue weighted by molar-refractivity contribution is 4.81. The highest BCUT2D eigenvalue weighted by Crippen LogP contribution is 2.19. The highest BCUT2D eigenvalue weighted by Gasteiger charge is 2.25. The third-order valence-corrected chi connectivity index (χ3v) is 4.50. The van der Waals surface area contributed by atoms with E-state index in [9.17, 15) is 0 Å². The maximum Gasteiger partial charge on any atom is 0.0596 e. The summed E-state index contributed by atoms with van der Waals surface area (Å²) in [6.07, 6.45) is 8.83. The van der Waals surface area contributed by atoms with E-state index in [1.807, 2.05) is 0 Å². The summed E-state index contributed by atoms with van der Waals surface area (Å²) in [6.45, 7) is 11.5. The predicted octanol–water partition coefficient (Wildman–Crippen LogP) is 2.75. The summed E-state index contributed by atoms with van der Waals surface area (Å²) in [5, 5.41) is 0. The number of nitrogens with zero attached hydrogens (tertiary/aromatic N) is 2. The van der Waals surface area contributed by atoms with Gasteiger partial charge in [0.25, 0.3) is 0 Å². The Morgan fingerprint density at radius 1 is 1.00 bits per heavy atom. The average Bonchev–Trinajstić information content (AvgIpc) is 2.67. The van der Waals surface area contributed by atoms with E-state index < -0.39 is 0 Å². The second kappa shape index (κ2) is 8.23. The largest absolute Gasteiger partial charge is 0.377 e. The minimum absolute atomic E-state index is 0.367. The summed E-state index contributed by atoms with van der Waals surface area (Å²) in [4.78, 5) is 5.38. The summed E-state index contributed by atoms with van der Waals surface area (Å²) in [6, 6.07) is 0.811. The molecule has 0 unspecified atom stereocenters. The van der Waals surface area contributed by atoms with Crippen LogP contribution in [0.5, 0.6) is 0 Å². The van der Waals surface area contributed by atoms with Crippen molar-refractivity contribution < 1.29 is 4.74 Å². The molecular weight excluding hydrogens is 236 g/mol. The molecule has 2 aliphatic rings. The van der Waals surface area contributed by atoms with Crippen LogP contribution >= 0.6 is 0 Å². The summed E-state index contributed by atoms with van der Waals surface area (Å²) < 4.78 is 5.69. The smallest absolute Gasteiger partial charge is 0.0596 e. The van der Waals surface area contributed by atoms with Crippen LogP contribution in [0.1, 0.15) is 52.4 Å². The standard InChI is InChI=1S/C16H32N2O/c1-15(2)19-13-12-17-9-7-8-16(14-17)18-10-5-3-4-6-11-18/h15-16H,3-14H2,1-2H3/t16-/m1/s1. The molecule has 0 spiro atoms. The summed E-state index contributed by atoms with van der Waals surface area (Å²) in [7, 11) is 0. The van der Waals surface area contributed by atoms with Gasteiger partial charge in [-0.3, -0.25) is 9.80 Å². The van der Waals surface area contributed by atoms with E-state index >= 15 is 0 Å². The maximum atomic E-state index is 5.69. The van der Waals surface area contributed by atoms with Gasteiger partial charge < -0.3 is 4.74 Å². The van der Waals surface area contributed by atoms with Crippen molar-refractivity contribution in [2.45, 2.75) is 64.5 Å². The molecule has 0 saturated carbocycles. The number of rotatable bonds is 5. The molecule has 0 amide bonds. The normalized spacial score (nSPS) is 27.6. The molecule has 0 aromatic heterocycles. The number of hydrogen-bond donors (Lipinski definition) is 0. The van der Waals surface area contributed by atoms with Crippen LogP contribution in [0.15, 0.2) is 0 Å². The molecule has 0 aliphatic carbocycles. The average molecular weight is 268 g/mol. The van der Waals surface area contributed by atoms with Gasteiger partial charge in [0.15, 0.2) is 0 Å². The monoisotopic (exact) mass is 268 g/mol. The lowest BCUT2D eigenvalue weighted by atomic mass is 10.0. The van der Waals surface area contributed by atoms with Gasteiger partial charge in [-0.2, -0.15) is 0 Å². The second-order valence-electron chi connectivity index (χ2n) is 6.47. The first-order valence-corrected chi connectivity index (χ1v) is 8.33. The molecule has 0 N–H and O–H groups in total. The van der Waals surface area contributed by atoms with Crippen molar-refractivity contribution in [1.29, 1.82) is 0 Å². The van der Waals surface area contributed by atoms with Gasteiger partial charge in [-0.05, 0) is 59.2 Å². The first-order chi connectivity index (χ1) is 9.25. The van der Waals surface area contributed by atoms with Crippen LogP contribution in [0.2, 0.25) is 0 Å². The highest BCUT2D eigenvalue weighted by atomic mass is 16.5. The van der Waals surface area contributed by atoms with E-state index in [-0.39, 0.29) is 0 Å². The van der Waals surface area contributed by atoms with E-state index in [2.05, 4.69) is 23.6 Å². The fraction of sp³-hybridized carbons (Fsp3) is 1.00. The van der Waals surface area contributed by atoms with Crippen LogP contribution in [0.25, 0.3) is 0 Å². The Morgan fingerprint density at radius 3 is 2.42 bits per heavy atom. The third kappa shape index (κ3) is 5.41. The van der Waals surface area contributed by atoms with E-state index in [1.54, 1.807) is 0 Å². The topological polar surface area (TPSA) is 15.7 Å². The fourth-order valence-corrected chi connectivity index (χ4v) is 3.41. The van der Waals surface area contributed by atoms with E-state index in [1.165, 1.54) is 64.7 Å². The minimum atomic E-state index is 0.367. The summed E-state index contributed by atoms with van der Waals surface area (Å²) >= 11 is 0. The molecule has 3 nitrogen and oxygen atoms in total. The fourth-order valence-electron chi connectivity index (χ4n) is 3.41. The van der Waals surface area contributed by atoms with Crippen molar-refractivity contribution in [3.05, 3.63) is 0 Å². The van der Waals surface area contributed by atoms with Crippen molar-refractivity contribution in [2.24, 2.45) is 0 Å². The summed E-state index contributed by atoms with van der Waals surface area (Å²) in [5.41, 5.74) is 0. The molecule has 0 bridgehead atoms. The lowest BCUT2D eigenvalue weighted by Crippen LogP contribution is -2.49. The second-order valence-corrected chi connectivity index (χ2v) is 6.47. The van der Waals surface area contributed by atoms with Crippen molar-refractivity contribution in [3.63, 3.8) is 0 Å². The lowest BCUT2D eigenvalue weighted by molar-refractivity contribution is 0.0386. The van der Waals surface area contributed by atoms with Gasteiger partial charge in [0.1, 0.15) is 0 Å². The molecule has 2 fully saturated rings. The number of likely N-dealkylation sites (tertiary alicyclic amines) is 2. The molecular formula is C16H32N2O. The van der Waals surface area contributed by atoms with Gasteiger partial charge in [0, 0.05) is 19.1 Å². The van der Waals surface area contributed by atoms with Crippen LogP contribution in [0.3, 0.4) is 0 Å². The van der Waals surface area contributed by atoms with E-state index in [0.717, 1.165) is 19.2 Å². The Bertz CT molecular complexity index is 237. The minimum Gasteiger partial charge on any atom is -0.377 e. The SMILES string of the molecule is CC(C)OCCN1CCC[C@@H](N2CCCCCC2)C1. The first kappa shape index (κ1) is 15.3. The zero-order valence-electron chi connectivity index (χ0n) is 12.9. The summed E-state index contributed by atoms with van der Waals surface area (Å²) in [5.74, 6) is 0. The molecule has 0 aromatic carbocycles. The predicted molar refractivity (Wildman–Crippen MR) is 80.6 cm³/mol. The van der Waals surface area contributed by atoms with Gasteiger partial charge >= 0.3 is 0 Å². The van der Waals surface area contributed by atoms with Crippen LogP contribution in [-0.4, -0.2) is 61.3 Å². The Labute approximate surface area is 119 Å². The van der Waals surface area contributed by atoms with Gasteiger partial charge in [-0.25, -0.2) is 0 Å². The molecule has 112 valence electrons. The first-order valence-electron chi connectivity index (χ1n) is 8.33. The van der Waals surface area contributed by atoms with Crippen molar-refractivity contribution >= 4 is 0 Å². The van der Waals surface area contributed by atoms with Crippen LogP contribution in [0.4, 0.5) is 0 Å². The molecule has 19 heavy (non-hydrogen) atoms. The Kier molecular flexibility index (Phi) is 6.62. The lowest BCUT2D eigenvalue weighted by Gasteiger charge is -2.39. The Morgan fingerprint density at radius 2 is 1.74 bits per heavy atom. The molecule has 1 atom stereocenters. The quantitative estimate of drug-likeness (QED) is 0.762. The van der Waals surface area contributed by atoms with E-state index in [0.29, 0.717) is 6.10 Å². The van der Waals surface area contributed by atoms with Crippen LogP contribution in [-0.2, 0) is 4.74 Å². The molecule has 0 aromatic rings. The number of piperidine rings is 1. The maximum absolute atomic E-state index is 5.69. The van der Waals surface area contributed by atoms with Crippen molar-refractivity contribution in [1.82, 2.24) is 9.80 Å². The molecule has 2 heterocycles. The Hall–Kier alpha value is -0.120. The zero-order chi connectivity index (χ0) is 13.5.